The van der Waals surface area contributed by atoms with Crippen LogP contribution in [0.25, 0.3) is 0 Å². The van der Waals surface area contributed by atoms with Crippen molar-refractivity contribution in [1.82, 2.24) is 9.80 Å². The van der Waals surface area contributed by atoms with Crippen LogP contribution in [0.4, 0.5) is 10.5 Å². The van der Waals surface area contributed by atoms with Crippen LogP contribution in [0.5, 0.6) is 17.2 Å². The fraction of sp³-hybridized carbons (Fsp3) is 0.312. The van der Waals surface area contributed by atoms with Crippen LogP contribution in [0.15, 0.2) is 66.7 Å². The number of ketones is 1. The lowest BCUT2D eigenvalue weighted by Crippen LogP contribution is -2.41. The summed E-state index contributed by atoms with van der Waals surface area (Å²) < 4.78 is 21.1. The molecule has 0 aliphatic carbocycles. The van der Waals surface area contributed by atoms with Crippen LogP contribution < -0.4 is 14.2 Å². The van der Waals surface area contributed by atoms with Crippen molar-refractivity contribution >= 4 is 29.4 Å². The van der Waals surface area contributed by atoms with Gasteiger partial charge in [-0.2, -0.15) is 0 Å². The van der Waals surface area contributed by atoms with E-state index in [0.29, 0.717) is 16.9 Å². The monoisotopic (exact) mass is 617 g/mol. The Balaban J connectivity index is 1.79. The van der Waals surface area contributed by atoms with Gasteiger partial charge in [0.15, 0.2) is 17.3 Å². The molecule has 0 spiro atoms. The number of hydrogen-bond donors (Lipinski definition) is 0. The van der Waals surface area contributed by atoms with Crippen molar-refractivity contribution < 1.29 is 43.0 Å². The minimum atomic E-state index is -1.32. The van der Waals surface area contributed by atoms with Crippen molar-refractivity contribution in [2.24, 2.45) is 5.92 Å². The minimum Gasteiger partial charge on any atom is -0.497 e. The number of benzene rings is 3. The Labute approximate surface area is 258 Å². The van der Waals surface area contributed by atoms with Gasteiger partial charge in [0.1, 0.15) is 18.3 Å². The number of hydrogen-bond acceptors (Lipinski definition) is 10. The smallest absolute Gasteiger partial charge is 0.328 e. The highest BCUT2D eigenvalue weighted by atomic mass is 16.6. The molecule has 0 saturated carbocycles. The van der Waals surface area contributed by atoms with E-state index in [2.05, 4.69) is 0 Å². The molecule has 13 heteroatoms. The highest BCUT2D eigenvalue weighted by Gasteiger charge is 2.64. The maximum atomic E-state index is 14.5. The fourth-order valence-corrected chi connectivity index (χ4v) is 6.24. The van der Waals surface area contributed by atoms with E-state index in [9.17, 15) is 29.3 Å². The highest BCUT2D eigenvalue weighted by Crippen LogP contribution is 2.56. The molecule has 45 heavy (non-hydrogen) atoms. The first-order chi connectivity index (χ1) is 21.7. The third kappa shape index (κ3) is 5.41. The van der Waals surface area contributed by atoms with Crippen molar-refractivity contribution in [1.29, 1.82) is 0 Å². The first-order valence-corrected chi connectivity index (χ1v) is 14.1. The molecule has 2 aliphatic rings. The average molecular weight is 618 g/mol. The quantitative estimate of drug-likeness (QED) is 0.101. The summed E-state index contributed by atoms with van der Waals surface area (Å²) in [6, 6.07) is 14.0. The van der Waals surface area contributed by atoms with Crippen LogP contribution in [0.1, 0.15) is 40.4 Å². The van der Waals surface area contributed by atoms with E-state index in [-0.39, 0.29) is 23.7 Å². The van der Waals surface area contributed by atoms with Crippen molar-refractivity contribution in [2.45, 2.75) is 24.9 Å². The van der Waals surface area contributed by atoms with E-state index >= 15 is 0 Å². The molecule has 3 aromatic carbocycles. The Bertz CT molecular complexity index is 1640. The van der Waals surface area contributed by atoms with Crippen LogP contribution >= 0.6 is 0 Å². The van der Waals surface area contributed by atoms with Gasteiger partial charge in [-0.15, -0.1) is 0 Å². The Morgan fingerprint density at radius 2 is 1.53 bits per heavy atom. The third-order valence-corrected chi connectivity index (χ3v) is 8.14. The standard InChI is InChI=1S/C32H31N3O10/c1-5-45-25(36)17-33-31(38)29-26(18-11-13-20(42-2)14-12-18)27(30(37)19-9-7-6-8-10-19)28(34(29)32(33)39)21-15-23(43-3)24(44-4)16-22(21)35(40)41/h6-16,26-29H,5,17H2,1-4H3. The SMILES string of the molecule is CCOC(=O)CN1C(=O)C2C(c3ccc(OC)cc3)C(C(=O)c3ccccc3)C(c3cc(OC)c(OC)cc3[N+](=O)[O-])N2C1=O. The number of nitro benzene ring substituents is 1. The lowest BCUT2D eigenvalue weighted by Gasteiger charge is -2.29. The maximum Gasteiger partial charge on any atom is 0.328 e. The van der Waals surface area contributed by atoms with Gasteiger partial charge in [-0.1, -0.05) is 42.5 Å². The number of nitro groups is 1. The second-order valence-electron chi connectivity index (χ2n) is 10.4. The zero-order valence-corrected chi connectivity index (χ0v) is 25.0. The highest BCUT2D eigenvalue weighted by molar-refractivity contribution is 6.10. The van der Waals surface area contributed by atoms with Gasteiger partial charge in [0.2, 0.25) is 0 Å². The van der Waals surface area contributed by atoms with E-state index in [1.54, 1.807) is 61.5 Å². The molecule has 234 valence electrons. The van der Waals surface area contributed by atoms with Gasteiger partial charge in [0.25, 0.3) is 11.6 Å². The molecule has 0 bridgehead atoms. The summed E-state index contributed by atoms with van der Waals surface area (Å²) in [6.07, 6.45) is 0. The van der Waals surface area contributed by atoms with Crippen molar-refractivity contribution in [3.05, 3.63) is 93.5 Å². The summed E-state index contributed by atoms with van der Waals surface area (Å²) >= 11 is 0. The molecule has 4 unspecified atom stereocenters. The molecule has 3 aromatic rings. The van der Waals surface area contributed by atoms with Crippen LogP contribution in [-0.2, 0) is 14.3 Å². The number of imide groups is 1. The largest absolute Gasteiger partial charge is 0.497 e. The Kier molecular flexibility index (Phi) is 8.70. The molecule has 4 atom stereocenters. The van der Waals surface area contributed by atoms with E-state index in [1.165, 1.54) is 32.3 Å². The number of fused-ring (bicyclic) bond motifs is 1. The molecule has 2 heterocycles. The lowest BCUT2D eigenvalue weighted by atomic mass is 9.75. The number of rotatable bonds is 11. The number of carbonyl (C=O) groups is 4. The van der Waals surface area contributed by atoms with Gasteiger partial charge < -0.3 is 23.8 Å². The molecule has 5 rings (SSSR count). The van der Waals surface area contributed by atoms with E-state index in [1.807, 2.05) is 0 Å². The minimum absolute atomic E-state index is 0.0325. The number of methoxy groups -OCH3 is 3. The van der Waals surface area contributed by atoms with Gasteiger partial charge in [-0.05, 0) is 30.7 Å². The summed E-state index contributed by atoms with van der Waals surface area (Å²) in [6.45, 7) is 0.964. The number of Topliss-reactive ketones (excluding diaryl/α,β-unsaturated/α-hetero) is 1. The summed E-state index contributed by atoms with van der Waals surface area (Å²) in [4.78, 5) is 69.0. The predicted molar refractivity (Wildman–Crippen MR) is 158 cm³/mol. The molecule has 0 radical (unpaired) electrons. The molecule has 0 aromatic heterocycles. The summed E-state index contributed by atoms with van der Waals surface area (Å²) in [7, 11) is 4.17. The first kappa shape index (κ1) is 31.0. The molecule has 2 aliphatic heterocycles. The fourth-order valence-electron chi connectivity index (χ4n) is 6.24. The van der Waals surface area contributed by atoms with Crippen molar-refractivity contribution in [2.75, 3.05) is 34.5 Å². The molecular formula is C32H31N3O10. The Morgan fingerprint density at radius 1 is 0.889 bits per heavy atom. The van der Waals surface area contributed by atoms with Crippen LogP contribution in [0.2, 0.25) is 0 Å². The van der Waals surface area contributed by atoms with E-state index in [0.717, 1.165) is 11.0 Å². The number of urea groups is 1. The van der Waals surface area contributed by atoms with Gasteiger partial charge in [-0.25, -0.2) is 4.79 Å². The molecule has 3 amide bonds. The number of amides is 3. The van der Waals surface area contributed by atoms with Gasteiger partial charge in [0, 0.05) is 11.5 Å². The summed E-state index contributed by atoms with van der Waals surface area (Å²) in [5, 5.41) is 12.5. The lowest BCUT2D eigenvalue weighted by molar-refractivity contribution is -0.386. The van der Waals surface area contributed by atoms with E-state index < -0.39 is 64.8 Å². The molecule has 0 N–H and O–H groups in total. The van der Waals surface area contributed by atoms with Gasteiger partial charge >= 0.3 is 12.0 Å². The zero-order chi connectivity index (χ0) is 32.4. The number of esters is 1. The average Bonchev–Trinajstić information content (AvgIpc) is 3.52. The van der Waals surface area contributed by atoms with Crippen molar-refractivity contribution in [3.8, 4) is 17.2 Å². The first-order valence-electron chi connectivity index (χ1n) is 14.1. The molecule has 2 fully saturated rings. The van der Waals surface area contributed by atoms with Crippen molar-refractivity contribution in [3.63, 3.8) is 0 Å². The summed E-state index contributed by atoms with van der Waals surface area (Å²) in [5.74, 6) is -3.40. The molecular weight excluding hydrogens is 586 g/mol. The predicted octanol–water partition coefficient (Wildman–Crippen LogP) is 4.15. The van der Waals surface area contributed by atoms with Gasteiger partial charge in [-0.3, -0.25) is 29.4 Å². The van der Waals surface area contributed by atoms with Gasteiger partial charge in [0.05, 0.1) is 56.4 Å². The Morgan fingerprint density at radius 3 is 2.11 bits per heavy atom. The topological polar surface area (TPSA) is 155 Å². The second kappa shape index (κ2) is 12.6. The maximum absolute atomic E-state index is 14.5. The van der Waals surface area contributed by atoms with Crippen LogP contribution in [0, 0.1) is 16.0 Å². The zero-order valence-electron chi connectivity index (χ0n) is 25.0. The normalized spacial score (nSPS) is 20.5. The number of ether oxygens (including phenoxy) is 4. The van der Waals surface area contributed by atoms with Crippen LogP contribution in [0.3, 0.4) is 0 Å². The third-order valence-electron chi connectivity index (χ3n) is 8.14. The molecule has 13 nitrogen and oxygen atoms in total. The number of nitrogens with zero attached hydrogens (tertiary/aromatic N) is 3. The van der Waals surface area contributed by atoms with Crippen LogP contribution in [-0.4, -0.2) is 78.9 Å². The second-order valence-corrected chi connectivity index (χ2v) is 10.4. The Hall–Kier alpha value is -5.46. The summed E-state index contributed by atoms with van der Waals surface area (Å²) in [5.41, 5.74) is 0.331. The number of carbonyl (C=O) groups excluding carboxylic acids is 4. The van der Waals surface area contributed by atoms with E-state index in [4.69, 9.17) is 18.9 Å². The molecule has 2 saturated heterocycles.